The summed E-state index contributed by atoms with van der Waals surface area (Å²) in [6, 6.07) is 0. The fourth-order valence-corrected chi connectivity index (χ4v) is 4.48. The second kappa shape index (κ2) is 11.1. The SMILES string of the molecule is CCNC(=O)C1O[C@H](n2cnc3c(N)nc(C#CCC4CCN(C(=O)OC(C)(C)C)CC4)nc32)C(O)C1O. The van der Waals surface area contributed by atoms with E-state index in [1.165, 1.54) is 10.9 Å². The summed E-state index contributed by atoms with van der Waals surface area (Å²) in [5.41, 5.74) is 6.12. The predicted octanol–water partition coefficient (Wildman–Crippen LogP) is 0.553. The van der Waals surface area contributed by atoms with E-state index in [-0.39, 0.29) is 28.9 Å². The summed E-state index contributed by atoms with van der Waals surface area (Å²) >= 11 is 0. The number of piperidine rings is 1. The second-order valence-electron chi connectivity index (χ2n) is 10.5. The first kappa shape index (κ1) is 27.6. The fraction of sp³-hybridized carbons (Fsp3) is 0.640. The van der Waals surface area contributed by atoms with Crippen molar-refractivity contribution >= 4 is 29.0 Å². The normalized spacial score (nSPS) is 24.2. The number of hydrogen-bond acceptors (Lipinski definition) is 10. The Morgan fingerprint density at radius 1 is 1.24 bits per heavy atom. The highest BCUT2D eigenvalue weighted by molar-refractivity contribution is 5.83. The van der Waals surface area contributed by atoms with E-state index >= 15 is 0 Å². The van der Waals surface area contributed by atoms with E-state index in [9.17, 15) is 19.8 Å². The molecule has 13 nitrogen and oxygen atoms in total. The van der Waals surface area contributed by atoms with Crippen LogP contribution < -0.4 is 11.1 Å². The molecule has 4 heterocycles. The van der Waals surface area contributed by atoms with E-state index in [2.05, 4.69) is 32.1 Å². The molecule has 5 N–H and O–H groups in total. The number of hydrogen-bond donors (Lipinski definition) is 4. The Kier molecular flexibility index (Phi) is 8.05. The van der Waals surface area contributed by atoms with Gasteiger partial charge in [-0.15, -0.1) is 0 Å². The van der Waals surface area contributed by atoms with Crippen LogP contribution >= 0.6 is 0 Å². The summed E-state index contributed by atoms with van der Waals surface area (Å²) in [4.78, 5) is 39.1. The van der Waals surface area contributed by atoms with E-state index < -0.39 is 36.0 Å². The first-order chi connectivity index (χ1) is 18.0. The smallest absolute Gasteiger partial charge is 0.410 e. The molecule has 2 saturated heterocycles. The van der Waals surface area contributed by atoms with Crippen LogP contribution in [0, 0.1) is 17.8 Å². The van der Waals surface area contributed by atoms with Gasteiger partial charge in [-0.05, 0) is 52.4 Å². The largest absolute Gasteiger partial charge is 0.444 e. The number of carbonyl (C=O) groups excluding carboxylic acids is 2. The molecule has 0 aliphatic carbocycles. The van der Waals surface area contributed by atoms with Crippen molar-refractivity contribution in [1.29, 1.82) is 0 Å². The molecule has 0 spiro atoms. The highest BCUT2D eigenvalue weighted by Crippen LogP contribution is 2.32. The summed E-state index contributed by atoms with van der Waals surface area (Å²) in [5.74, 6) is 6.14. The zero-order valence-corrected chi connectivity index (χ0v) is 22.0. The molecule has 4 rings (SSSR count). The molecule has 4 atom stereocenters. The molecule has 3 unspecified atom stereocenters. The number of nitrogens with zero attached hydrogens (tertiary/aromatic N) is 5. The van der Waals surface area contributed by atoms with Gasteiger partial charge in [-0.1, -0.05) is 5.92 Å². The third-order valence-corrected chi connectivity index (χ3v) is 6.43. The maximum absolute atomic E-state index is 12.3. The lowest BCUT2D eigenvalue weighted by atomic mass is 9.94. The van der Waals surface area contributed by atoms with Crippen molar-refractivity contribution in [3.05, 3.63) is 12.2 Å². The lowest BCUT2D eigenvalue weighted by Gasteiger charge is -2.32. The number of nitrogen functional groups attached to an aromatic ring is 1. The van der Waals surface area contributed by atoms with Gasteiger partial charge in [0.1, 0.15) is 23.3 Å². The Labute approximate surface area is 220 Å². The average Bonchev–Trinajstić information content (AvgIpc) is 3.40. The number of fused-ring (bicyclic) bond motifs is 1. The predicted molar refractivity (Wildman–Crippen MR) is 136 cm³/mol. The molecule has 0 bridgehead atoms. The summed E-state index contributed by atoms with van der Waals surface area (Å²) in [6.07, 6.45) is -1.86. The zero-order valence-electron chi connectivity index (χ0n) is 22.0. The Morgan fingerprint density at radius 3 is 2.61 bits per heavy atom. The van der Waals surface area contributed by atoms with Gasteiger partial charge in [-0.3, -0.25) is 9.36 Å². The van der Waals surface area contributed by atoms with Gasteiger partial charge < -0.3 is 35.6 Å². The van der Waals surface area contributed by atoms with Crippen LogP contribution in [0.3, 0.4) is 0 Å². The van der Waals surface area contributed by atoms with E-state index in [1.807, 2.05) is 20.8 Å². The van der Waals surface area contributed by atoms with Gasteiger partial charge in [0.2, 0.25) is 5.82 Å². The number of likely N-dealkylation sites (N-methyl/N-ethyl adjacent to an activating group) is 1. The minimum absolute atomic E-state index is 0.108. The number of aliphatic hydroxyl groups is 2. The molecule has 2 fully saturated rings. The minimum Gasteiger partial charge on any atom is -0.444 e. The molecule has 0 radical (unpaired) electrons. The number of imidazole rings is 1. The molecule has 0 saturated carbocycles. The second-order valence-corrected chi connectivity index (χ2v) is 10.5. The highest BCUT2D eigenvalue weighted by atomic mass is 16.6. The number of rotatable bonds is 4. The molecule has 206 valence electrons. The van der Waals surface area contributed by atoms with E-state index in [0.717, 1.165) is 12.8 Å². The van der Waals surface area contributed by atoms with Gasteiger partial charge in [0.15, 0.2) is 23.8 Å². The third-order valence-electron chi connectivity index (χ3n) is 6.43. The number of ether oxygens (including phenoxy) is 2. The Bertz CT molecular complexity index is 1240. The molecule has 2 aromatic rings. The lowest BCUT2D eigenvalue weighted by Crippen LogP contribution is -2.42. The number of amides is 2. The van der Waals surface area contributed by atoms with Crippen molar-refractivity contribution in [3.8, 4) is 11.8 Å². The number of nitrogens with two attached hydrogens (primary N) is 1. The average molecular weight is 530 g/mol. The Morgan fingerprint density at radius 2 is 1.95 bits per heavy atom. The Balaban J connectivity index is 1.43. The summed E-state index contributed by atoms with van der Waals surface area (Å²) in [6.45, 7) is 8.87. The fourth-order valence-electron chi connectivity index (χ4n) is 4.48. The maximum Gasteiger partial charge on any atom is 0.410 e. The molecule has 2 aliphatic rings. The van der Waals surface area contributed by atoms with Crippen LogP contribution in [0.1, 0.15) is 59.0 Å². The van der Waals surface area contributed by atoms with Crippen molar-refractivity contribution < 1.29 is 29.3 Å². The molecular formula is C25H35N7O6. The van der Waals surface area contributed by atoms with Crippen LogP contribution in [0.15, 0.2) is 6.33 Å². The first-order valence-electron chi connectivity index (χ1n) is 12.7. The number of nitrogens with one attached hydrogen (secondary N) is 1. The first-order valence-corrected chi connectivity index (χ1v) is 12.7. The summed E-state index contributed by atoms with van der Waals surface area (Å²) in [7, 11) is 0. The molecular weight excluding hydrogens is 494 g/mol. The van der Waals surface area contributed by atoms with Crippen LogP contribution in [0.5, 0.6) is 0 Å². The molecule has 2 amide bonds. The van der Waals surface area contributed by atoms with Crippen LogP contribution in [0.2, 0.25) is 0 Å². The van der Waals surface area contributed by atoms with Crippen molar-refractivity contribution in [3.63, 3.8) is 0 Å². The molecule has 0 aromatic carbocycles. The molecule has 2 aliphatic heterocycles. The van der Waals surface area contributed by atoms with Gasteiger partial charge in [0.05, 0.1) is 6.33 Å². The van der Waals surface area contributed by atoms with Crippen molar-refractivity contribution in [1.82, 2.24) is 29.7 Å². The minimum atomic E-state index is -1.43. The summed E-state index contributed by atoms with van der Waals surface area (Å²) < 4.78 is 12.5. The quantitative estimate of drug-likeness (QED) is 0.409. The van der Waals surface area contributed by atoms with Gasteiger partial charge in [0.25, 0.3) is 5.91 Å². The van der Waals surface area contributed by atoms with Crippen LogP contribution in [0.25, 0.3) is 11.2 Å². The van der Waals surface area contributed by atoms with Crippen LogP contribution in [-0.4, -0.2) is 90.2 Å². The topological polar surface area (TPSA) is 178 Å². The number of aromatic nitrogens is 4. The van der Waals surface area contributed by atoms with Gasteiger partial charge in [-0.2, -0.15) is 0 Å². The van der Waals surface area contributed by atoms with E-state index in [1.54, 1.807) is 11.8 Å². The lowest BCUT2D eigenvalue weighted by molar-refractivity contribution is -0.137. The number of anilines is 1. The molecule has 38 heavy (non-hydrogen) atoms. The van der Waals surface area contributed by atoms with Gasteiger partial charge >= 0.3 is 6.09 Å². The number of likely N-dealkylation sites (tertiary alicyclic amines) is 1. The highest BCUT2D eigenvalue weighted by Gasteiger charge is 2.47. The Hall–Kier alpha value is -3.47. The monoisotopic (exact) mass is 529 g/mol. The van der Waals surface area contributed by atoms with Crippen molar-refractivity contribution in [2.45, 2.75) is 77.1 Å². The van der Waals surface area contributed by atoms with E-state index in [4.69, 9.17) is 15.2 Å². The standard InChI is InChI=1S/C25H35N7O6/c1-5-27-22(35)19-17(33)18(34)23(37-19)32-13-28-16-20(26)29-15(30-21(16)32)8-6-7-14-9-11-31(12-10-14)24(36)38-25(2,3)4/h13-14,17-19,23,33-34H,5,7,9-12H2,1-4H3,(H,27,35)(H2,26,29,30)/t17?,18?,19?,23-/m0/s1. The van der Waals surface area contributed by atoms with Crippen LogP contribution in [-0.2, 0) is 14.3 Å². The maximum atomic E-state index is 12.3. The number of carbonyl (C=O) groups is 2. The molecule has 2 aromatic heterocycles. The van der Waals surface area contributed by atoms with Crippen molar-refractivity contribution in [2.75, 3.05) is 25.4 Å². The van der Waals surface area contributed by atoms with E-state index in [0.29, 0.717) is 32.0 Å². The summed E-state index contributed by atoms with van der Waals surface area (Å²) in [5, 5.41) is 23.5. The molecule has 13 heteroatoms. The van der Waals surface area contributed by atoms with Crippen molar-refractivity contribution in [2.24, 2.45) is 5.92 Å². The van der Waals surface area contributed by atoms with Crippen LogP contribution in [0.4, 0.5) is 10.6 Å². The number of aliphatic hydroxyl groups excluding tert-OH is 2. The van der Waals surface area contributed by atoms with Gasteiger partial charge in [0, 0.05) is 26.1 Å². The van der Waals surface area contributed by atoms with Gasteiger partial charge in [-0.25, -0.2) is 19.7 Å². The third kappa shape index (κ3) is 5.98. The zero-order chi connectivity index (χ0) is 27.6.